The molecule has 15 heavy (non-hydrogen) atoms. The van der Waals surface area contributed by atoms with Crippen LogP contribution in [0.5, 0.6) is 0 Å². The molecule has 0 radical (unpaired) electrons. The van der Waals surface area contributed by atoms with Crippen molar-refractivity contribution in [3.05, 3.63) is 16.1 Å². The van der Waals surface area contributed by atoms with E-state index in [1.165, 1.54) is 5.38 Å². The van der Waals surface area contributed by atoms with Gasteiger partial charge in [-0.2, -0.15) is 0 Å². The maximum absolute atomic E-state index is 11.6. The number of aromatic carboxylic acids is 1. The van der Waals surface area contributed by atoms with Gasteiger partial charge in [0.1, 0.15) is 10.3 Å². The molecule has 2 rings (SSSR count). The van der Waals surface area contributed by atoms with E-state index in [9.17, 15) is 13.2 Å². The van der Waals surface area contributed by atoms with Crippen LogP contribution in [0.25, 0.3) is 0 Å². The van der Waals surface area contributed by atoms with Gasteiger partial charge in [0, 0.05) is 5.38 Å². The van der Waals surface area contributed by atoms with Gasteiger partial charge in [0.15, 0.2) is 15.5 Å². The van der Waals surface area contributed by atoms with Gasteiger partial charge in [0.05, 0.1) is 5.75 Å². The molecule has 1 aromatic rings. The molecule has 7 heteroatoms. The Hall–Kier alpha value is -0.950. The zero-order valence-electron chi connectivity index (χ0n) is 7.71. The number of hydrogen-bond donors (Lipinski definition) is 1. The van der Waals surface area contributed by atoms with Crippen molar-refractivity contribution in [3.63, 3.8) is 0 Å². The van der Waals surface area contributed by atoms with Crippen molar-refractivity contribution in [2.45, 2.75) is 18.1 Å². The predicted octanol–water partition coefficient (Wildman–Crippen LogP) is 1.09. The molecule has 2 heterocycles. The molecule has 1 fully saturated rings. The number of rotatable bonds is 2. The van der Waals surface area contributed by atoms with E-state index in [0.717, 1.165) is 11.3 Å². The molecule has 0 saturated carbocycles. The molecule has 1 saturated heterocycles. The lowest BCUT2D eigenvalue weighted by Gasteiger charge is -2.03. The van der Waals surface area contributed by atoms with E-state index in [2.05, 4.69) is 4.98 Å². The molecule has 1 aliphatic rings. The molecule has 0 bridgehead atoms. The fourth-order valence-electron chi connectivity index (χ4n) is 1.60. The van der Waals surface area contributed by atoms with Crippen molar-refractivity contribution in [2.24, 2.45) is 0 Å². The minimum atomic E-state index is -3.10. The summed E-state index contributed by atoms with van der Waals surface area (Å²) >= 11 is 1.11. The van der Waals surface area contributed by atoms with Crippen LogP contribution in [0, 0.1) is 0 Å². The van der Waals surface area contributed by atoms with Crippen LogP contribution in [0.2, 0.25) is 0 Å². The maximum Gasteiger partial charge on any atom is 0.355 e. The van der Waals surface area contributed by atoms with Crippen LogP contribution in [0.1, 0.15) is 33.6 Å². The molecule has 1 N–H and O–H groups in total. The highest BCUT2D eigenvalue weighted by Crippen LogP contribution is 2.35. The Bertz CT molecular complexity index is 490. The van der Waals surface area contributed by atoms with Crippen LogP contribution < -0.4 is 0 Å². The van der Waals surface area contributed by atoms with Gasteiger partial charge < -0.3 is 5.11 Å². The van der Waals surface area contributed by atoms with Crippen LogP contribution in [0.3, 0.4) is 0 Å². The van der Waals surface area contributed by atoms with E-state index in [4.69, 9.17) is 5.11 Å². The lowest BCUT2D eigenvalue weighted by molar-refractivity contribution is 0.0691. The molecule has 0 amide bonds. The number of aromatic nitrogens is 1. The molecular formula is C8H9NO4S2. The first-order chi connectivity index (χ1) is 7.00. The number of carboxylic acid groups (broad SMARTS) is 1. The van der Waals surface area contributed by atoms with Gasteiger partial charge in [-0.15, -0.1) is 11.3 Å². The van der Waals surface area contributed by atoms with Crippen LogP contribution in [-0.4, -0.2) is 30.2 Å². The van der Waals surface area contributed by atoms with E-state index in [0.29, 0.717) is 17.8 Å². The van der Waals surface area contributed by atoms with Gasteiger partial charge in [-0.25, -0.2) is 18.2 Å². The van der Waals surface area contributed by atoms with E-state index in [-0.39, 0.29) is 11.4 Å². The molecule has 0 aromatic carbocycles. The summed E-state index contributed by atoms with van der Waals surface area (Å²) in [5.74, 6) is -0.937. The number of thiazole rings is 1. The average molecular weight is 247 g/mol. The molecule has 1 aliphatic heterocycles. The van der Waals surface area contributed by atoms with Crippen molar-refractivity contribution in [1.29, 1.82) is 0 Å². The van der Waals surface area contributed by atoms with Gasteiger partial charge in [-0.1, -0.05) is 0 Å². The number of sulfone groups is 1. The Labute approximate surface area is 90.7 Å². The molecule has 1 aromatic heterocycles. The van der Waals surface area contributed by atoms with Crippen LogP contribution in [-0.2, 0) is 9.84 Å². The van der Waals surface area contributed by atoms with Crippen molar-refractivity contribution in [1.82, 2.24) is 4.98 Å². The molecular weight excluding hydrogens is 238 g/mol. The van der Waals surface area contributed by atoms with Crippen LogP contribution in [0.15, 0.2) is 5.38 Å². The van der Waals surface area contributed by atoms with Crippen molar-refractivity contribution < 1.29 is 18.3 Å². The largest absolute Gasteiger partial charge is 0.476 e. The van der Waals surface area contributed by atoms with Crippen molar-refractivity contribution in [3.8, 4) is 0 Å². The Morgan fingerprint density at radius 3 is 2.80 bits per heavy atom. The van der Waals surface area contributed by atoms with E-state index < -0.39 is 21.1 Å². The normalized spacial score (nSPS) is 24.1. The summed E-state index contributed by atoms with van der Waals surface area (Å²) in [5, 5.41) is 9.87. The minimum absolute atomic E-state index is 0.0721. The third kappa shape index (κ3) is 1.89. The predicted molar refractivity (Wildman–Crippen MR) is 54.8 cm³/mol. The van der Waals surface area contributed by atoms with Crippen LogP contribution in [0.4, 0.5) is 0 Å². The number of nitrogens with zero attached hydrogens (tertiary/aromatic N) is 1. The lowest BCUT2D eigenvalue weighted by atomic mass is 10.3. The summed E-state index contributed by atoms with van der Waals surface area (Å²) in [6.45, 7) is 0. The Morgan fingerprint density at radius 2 is 2.33 bits per heavy atom. The number of hydrogen-bond acceptors (Lipinski definition) is 5. The van der Waals surface area contributed by atoms with Gasteiger partial charge in [0.2, 0.25) is 0 Å². The SMILES string of the molecule is O=C(O)c1csc(C2CCCS2(=O)=O)n1. The summed E-state index contributed by atoms with van der Waals surface area (Å²) in [4.78, 5) is 14.4. The molecule has 1 unspecified atom stereocenters. The Kier molecular flexibility index (Phi) is 2.51. The zero-order chi connectivity index (χ0) is 11.1. The third-order valence-electron chi connectivity index (χ3n) is 2.35. The van der Waals surface area contributed by atoms with Gasteiger partial charge in [0.25, 0.3) is 0 Å². The highest BCUT2D eigenvalue weighted by molar-refractivity contribution is 7.92. The monoisotopic (exact) mass is 247 g/mol. The lowest BCUT2D eigenvalue weighted by Crippen LogP contribution is -2.08. The Morgan fingerprint density at radius 1 is 1.60 bits per heavy atom. The van der Waals surface area contributed by atoms with E-state index in [1.807, 2.05) is 0 Å². The van der Waals surface area contributed by atoms with Gasteiger partial charge in [-0.05, 0) is 12.8 Å². The summed E-state index contributed by atoms with van der Waals surface area (Å²) in [7, 11) is -3.10. The fraction of sp³-hybridized carbons (Fsp3) is 0.500. The molecule has 82 valence electrons. The summed E-state index contributed by atoms with van der Waals surface area (Å²) in [6, 6.07) is 0. The number of carboxylic acids is 1. The summed E-state index contributed by atoms with van der Waals surface area (Å²) < 4.78 is 23.1. The third-order valence-corrected chi connectivity index (χ3v) is 5.64. The minimum Gasteiger partial charge on any atom is -0.476 e. The molecule has 0 aliphatic carbocycles. The average Bonchev–Trinajstić information content (AvgIpc) is 2.69. The number of carbonyl (C=O) groups is 1. The second-order valence-electron chi connectivity index (χ2n) is 3.37. The van der Waals surface area contributed by atoms with Gasteiger partial charge >= 0.3 is 5.97 Å². The highest BCUT2D eigenvalue weighted by atomic mass is 32.2. The topological polar surface area (TPSA) is 84.3 Å². The maximum atomic E-state index is 11.6. The van der Waals surface area contributed by atoms with Crippen molar-refractivity contribution in [2.75, 3.05) is 5.75 Å². The fourth-order valence-corrected chi connectivity index (χ4v) is 4.75. The van der Waals surface area contributed by atoms with Crippen LogP contribution >= 0.6 is 11.3 Å². The van der Waals surface area contributed by atoms with E-state index >= 15 is 0 Å². The zero-order valence-corrected chi connectivity index (χ0v) is 9.34. The summed E-state index contributed by atoms with van der Waals surface area (Å²) in [6.07, 6.45) is 1.18. The second-order valence-corrected chi connectivity index (χ2v) is 6.57. The first kappa shape index (κ1) is 10.6. The van der Waals surface area contributed by atoms with E-state index in [1.54, 1.807) is 0 Å². The van der Waals surface area contributed by atoms with Gasteiger partial charge in [-0.3, -0.25) is 0 Å². The summed E-state index contributed by atoms with van der Waals surface area (Å²) in [5.41, 5.74) is -0.0721. The molecule has 0 spiro atoms. The molecule has 5 nitrogen and oxygen atoms in total. The highest BCUT2D eigenvalue weighted by Gasteiger charge is 2.35. The smallest absolute Gasteiger partial charge is 0.355 e. The molecule has 1 atom stereocenters. The first-order valence-electron chi connectivity index (χ1n) is 4.41. The standard InChI is InChI=1S/C8H9NO4S2/c10-8(11)5-4-14-7(9-5)6-2-1-3-15(6,12)13/h4,6H,1-3H2,(H,10,11). The Balaban J connectivity index is 2.34. The van der Waals surface area contributed by atoms with Crippen molar-refractivity contribution >= 4 is 27.1 Å². The second kappa shape index (κ2) is 3.57. The first-order valence-corrected chi connectivity index (χ1v) is 7.00. The quantitative estimate of drug-likeness (QED) is 0.845.